The Morgan fingerprint density at radius 1 is 0.868 bits per heavy atom. The normalized spacial score (nSPS) is 11.2. The third-order valence-corrected chi connectivity index (χ3v) is 7.08. The number of nitrogens with zero attached hydrogens (tertiary/aromatic N) is 6. The number of aryl methyl sites for hydroxylation is 1. The van der Waals surface area contributed by atoms with Crippen LogP contribution in [0.1, 0.15) is 48.7 Å². The molecule has 2 aromatic carbocycles. The van der Waals surface area contributed by atoms with Gasteiger partial charge in [-0.3, -0.25) is 14.1 Å². The van der Waals surface area contributed by atoms with Crippen LogP contribution in [-0.2, 0) is 25.9 Å². The Balaban J connectivity index is 1.41. The van der Waals surface area contributed by atoms with Crippen LogP contribution in [0.3, 0.4) is 0 Å². The molecule has 0 fully saturated rings. The van der Waals surface area contributed by atoms with Gasteiger partial charge in [-0.25, -0.2) is 9.89 Å². The van der Waals surface area contributed by atoms with Gasteiger partial charge < -0.3 is 0 Å². The number of rotatable bonds is 11. The molecule has 5 aromatic rings. The number of H-pyrrole nitrogens is 1. The minimum absolute atomic E-state index is 0.0707. The number of unbranched alkanes of at least 4 members (excludes halogenated alkanes) is 2. The summed E-state index contributed by atoms with van der Waals surface area (Å²) in [5.41, 5.74) is 7.28. The maximum atomic E-state index is 13.6. The summed E-state index contributed by atoms with van der Waals surface area (Å²) in [6.07, 6.45) is 6.87. The van der Waals surface area contributed by atoms with Crippen LogP contribution in [0.25, 0.3) is 22.6 Å². The second kappa shape index (κ2) is 11.8. The van der Waals surface area contributed by atoms with Gasteiger partial charge in [0.05, 0.1) is 6.54 Å². The lowest BCUT2D eigenvalue weighted by Crippen LogP contribution is -2.26. The second-order valence-corrected chi connectivity index (χ2v) is 9.59. The molecule has 0 aliphatic heterocycles. The van der Waals surface area contributed by atoms with Crippen molar-refractivity contribution in [2.24, 2.45) is 0 Å². The van der Waals surface area contributed by atoms with Crippen molar-refractivity contribution in [1.82, 2.24) is 34.7 Å². The van der Waals surface area contributed by atoms with E-state index in [2.05, 4.69) is 75.9 Å². The van der Waals surface area contributed by atoms with Gasteiger partial charge in [-0.15, -0.1) is 5.10 Å². The Bertz CT molecular complexity index is 1520. The molecule has 0 unspecified atom stereocenters. The summed E-state index contributed by atoms with van der Waals surface area (Å²) >= 11 is 0. The monoisotopic (exact) mass is 507 g/mol. The van der Waals surface area contributed by atoms with Gasteiger partial charge in [0.15, 0.2) is 5.82 Å². The minimum Gasteiger partial charge on any atom is -0.296 e. The minimum atomic E-state index is 0.0707. The number of aromatic nitrogens is 7. The Morgan fingerprint density at radius 3 is 2.42 bits per heavy atom. The summed E-state index contributed by atoms with van der Waals surface area (Å²) in [4.78, 5) is 18.1. The predicted molar refractivity (Wildman–Crippen MR) is 149 cm³/mol. The highest BCUT2D eigenvalue weighted by Crippen LogP contribution is 2.28. The lowest BCUT2D eigenvalue weighted by molar-refractivity contribution is 0.618. The number of tetrazole rings is 1. The number of pyridine rings is 1. The fourth-order valence-corrected chi connectivity index (χ4v) is 4.98. The highest BCUT2D eigenvalue weighted by Gasteiger charge is 2.17. The molecule has 0 atom stereocenters. The first-order chi connectivity index (χ1) is 18.7. The van der Waals surface area contributed by atoms with Gasteiger partial charge in [0.25, 0.3) is 0 Å². The fraction of sp³-hybridized carbons (Fsp3) is 0.300. The molecule has 3 aromatic heterocycles. The molecule has 0 spiro atoms. The Morgan fingerprint density at radius 2 is 1.68 bits per heavy atom. The maximum absolute atomic E-state index is 13.6. The van der Waals surface area contributed by atoms with E-state index in [1.165, 1.54) is 5.56 Å². The zero-order valence-electron chi connectivity index (χ0n) is 22.0. The third kappa shape index (κ3) is 5.49. The van der Waals surface area contributed by atoms with E-state index in [9.17, 15) is 4.79 Å². The Hall–Kier alpha value is -4.33. The van der Waals surface area contributed by atoms with Crippen molar-refractivity contribution in [3.05, 3.63) is 106 Å². The summed E-state index contributed by atoms with van der Waals surface area (Å²) in [6.45, 7) is 5.53. The number of aromatic amines is 1. The number of hydrogen-bond donors (Lipinski definition) is 1. The van der Waals surface area contributed by atoms with E-state index in [1.54, 1.807) is 6.20 Å². The molecule has 5 rings (SSSR count). The fourth-order valence-electron chi connectivity index (χ4n) is 4.98. The first-order valence-corrected chi connectivity index (χ1v) is 13.3. The van der Waals surface area contributed by atoms with Crippen LogP contribution < -0.4 is 5.69 Å². The van der Waals surface area contributed by atoms with E-state index in [1.807, 2.05) is 39.5 Å². The van der Waals surface area contributed by atoms with Gasteiger partial charge in [-0.1, -0.05) is 80.4 Å². The van der Waals surface area contributed by atoms with E-state index in [4.69, 9.17) is 0 Å². The molecule has 38 heavy (non-hydrogen) atoms. The molecule has 0 aliphatic rings. The van der Waals surface area contributed by atoms with Crippen LogP contribution in [0, 0.1) is 6.92 Å². The second-order valence-electron chi connectivity index (χ2n) is 9.59. The zero-order valence-corrected chi connectivity index (χ0v) is 22.0. The van der Waals surface area contributed by atoms with E-state index in [0.29, 0.717) is 24.6 Å². The highest BCUT2D eigenvalue weighted by atomic mass is 16.1. The molecule has 0 radical (unpaired) electrons. The average Bonchev–Trinajstić information content (AvgIpc) is 3.57. The summed E-state index contributed by atoms with van der Waals surface area (Å²) in [6, 6.07) is 22.6. The van der Waals surface area contributed by atoms with Gasteiger partial charge in [0.1, 0.15) is 5.69 Å². The summed E-state index contributed by atoms with van der Waals surface area (Å²) in [7, 11) is 0. The van der Waals surface area contributed by atoms with Crippen LogP contribution in [0.5, 0.6) is 0 Å². The van der Waals surface area contributed by atoms with Crippen LogP contribution in [0.4, 0.5) is 0 Å². The zero-order chi connectivity index (χ0) is 26.3. The molecule has 3 heterocycles. The smallest absolute Gasteiger partial charge is 0.296 e. The molecule has 0 amide bonds. The predicted octanol–water partition coefficient (Wildman–Crippen LogP) is 5.22. The maximum Gasteiger partial charge on any atom is 0.328 e. The summed E-state index contributed by atoms with van der Waals surface area (Å²) in [5.74, 6) is 0.528. The van der Waals surface area contributed by atoms with Crippen LogP contribution in [0.15, 0.2) is 77.7 Å². The standard InChI is InChI=1S/C30H33N7O/c1-3-4-6-13-27-22(2)36(20-18-23-10-7-5-8-11-23)30(38)37(27)21-24-14-16-25(17-15-24)26-12-9-19-31-28(26)29-32-34-35-33-29/h5,7-12,14-17,19H,3-4,6,13,18,20-21H2,1-2H3,(H,32,33,34,35). The Labute approximate surface area is 222 Å². The molecular formula is C30H33N7O. The molecule has 8 nitrogen and oxygen atoms in total. The van der Waals surface area contributed by atoms with Gasteiger partial charge in [0.2, 0.25) is 0 Å². The number of hydrogen-bond acceptors (Lipinski definition) is 5. The average molecular weight is 508 g/mol. The number of imidazole rings is 1. The summed E-state index contributed by atoms with van der Waals surface area (Å²) in [5, 5.41) is 14.2. The lowest BCUT2D eigenvalue weighted by Gasteiger charge is -2.10. The first-order valence-electron chi connectivity index (χ1n) is 13.3. The molecule has 0 saturated heterocycles. The molecule has 1 N–H and O–H groups in total. The Kier molecular flexibility index (Phi) is 7.87. The topological polar surface area (TPSA) is 94.3 Å². The largest absolute Gasteiger partial charge is 0.328 e. The van der Waals surface area contributed by atoms with Gasteiger partial charge in [-0.05, 0) is 59.4 Å². The van der Waals surface area contributed by atoms with Crippen molar-refractivity contribution in [3.63, 3.8) is 0 Å². The lowest BCUT2D eigenvalue weighted by atomic mass is 10.0. The molecule has 0 aliphatic carbocycles. The first kappa shape index (κ1) is 25.3. The van der Waals surface area contributed by atoms with Crippen LogP contribution in [0.2, 0.25) is 0 Å². The van der Waals surface area contributed by atoms with Crippen molar-refractivity contribution in [2.75, 3.05) is 0 Å². The quantitative estimate of drug-likeness (QED) is 0.247. The van der Waals surface area contributed by atoms with E-state index in [-0.39, 0.29) is 5.69 Å². The van der Waals surface area contributed by atoms with Crippen molar-refractivity contribution in [2.45, 2.75) is 59.0 Å². The van der Waals surface area contributed by atoms with Gasteiger partial charge >= 0.3 is 5.69 Å². The third-order valence-electron chi connectivity index (χ3n) is 7.08. The number of benzene rings is 2. The van der Waals surface area contributed by atoms with Crippen molar-refractivity contribution in [3.8, 4) is 22.6 Å². The van der Waals surface area contributed by atoms with Gasteiger partial charge in [0, 0.05) is 29.7 Å². The number of nitrogens with one attached hydrogen (secondary N) is 1. The van der Waals surface area contributed by atoms with Crippen LogP contribution in [-0.4, -0.2) is 34.7 Å². The molecular weight excluding hydrogens is 474 g/mol. The van der Waals surface area contributed by atoms with E-state index >= 15 is 0 Å². The van der Waals surface area contributed by atoms with Crippen molar-refractivity contribution >= 4 is 0 Å². The highest BCUT2D eigenvalue weighted by molar-refractivity contribution is 5.77. The molecule has 0 bridgehead atoms. The SMILES string of the molecule is CCCCCc1c(C)n(CCc2ccccc2)c(=O)n1Cc1ccc(-c2cccnc2-c2nnn[nH]2)cc1. The van der Waals surface area contributed by atoms with E-state index < -0.39 is 0 Å². The molecule has 194 valence electrons. The van der Waals surface area contributed by atoms with Crippen LogP contribution >= 0.6 is 0 Å². The van der Waals surface area contributed by atoms with E-state index in [0.717, 1.165) is 60.2 Å². The molecule has 0 saturated carbocycles. The summed E-state index contributed by atoms with van der Waals surface area (Å²) < 4.78 is 3.93. The van der Waals surface area contributed by atoms with Crippen molar-refractivity contribution < 1.29 is 0 Å². The van der Waals surface area contributed by atoms with Gasteiger partial charge in [-0.2, -0.15) is 0 Å². The van der Waals surface area contributed by atoms with Crippen molar-refractivity contribution in [1.29, 1.82) is 0 Å². The molecule has 8 heteroatoms.